The topological polar surface area (TPSA) is 197 Å². The minimum atomic E-state index is -5.04. The van der Waals surface area contributed by atoms with Gasteiger partial charge in [-0.1, -0.05) is 49.4 Å². The number of aryl methyl sites for hydroxylation is 3. The molecule has 4 N–H and O–H groups in total. The van der Waals surface area contributed by atoms with E-state index in [2.05, 4.69) is 20.9 Å². The van der Waals surface area contributed by atoms with Crippen LogP contribution in [0.4, 0.5) is 30.7 Å². The molecule has 0 radical (unpaired) electrons. The molecule has 0 aromatic heterocycles. The van der Waals surface area contributed by atoms with Crippen molar-refractivity contribution in [2.45, 2.75) is 103 Å². The van der Waals surface area contributed by atoms with Gasteiger partial charge in [0, 0.05) is 35.1 Å². The third-order valence-corrected chi connectivity index (χ3v) is 14.3. The number of amides is 3. The number of benzene rings is 3. The van der Waals surface area contributed by atoms with Crippen molar-refractivity contribution in [2.75, 3.05) is 26.4 Å². The van der Waals surface area contributed by atoms with Crippen molar-refractivity contribution in [2.24, 2.45) is 16.0 Å². The number of hydrogen-bond acceptors (Lipinski definition) is 11. The summed E-state index contributed by atoms with van der Waals surface area (Å²) >= 11 is 0. The number of nitrogens with two attached hydrogens (primary N) is 1. The van der Waals surface area contributed by atoms with E-state index in [4.69, 9.17) is 23.8 Å². The van der Waals surface area contributed by atoms with Gasteiger partial charge in [0.1, 0.15) is 12.1 Å². The van der Waals surface area contributed by atoms with E-state index in [0.717, 1.165) is 24.3 Å². The minimum Gasteiger partial charge on any atom is -0.368 e. The maximum atomic E-state index is 15.8. The third-order valence-electron chi connectivity index (χ3n) is 10.0. The fraction of sp³-hybridized carbons (Fsp3) is 0.488. The van der Waals surface area contributed by atoms with Gasteiger partial charge in [-0.3, -0.25) is 23.5 Å². The van der Waals surface area contributed by atoms with Crippen LogP contribution in [0.25, 0.3) is 0 Å². The molecule has 1 aliphatic rings. The summed E-state index contributed by atoms with van der Waals surface area (Å²) in [4.78, 5) is 40.8. The highest BCUT2D eigenvalue weighted by Crippen LogP contribution is 2.68. The molecule has 3 aromatic carbocycles. The molecular formula is C41H50F7N5O9P2. The molecule has 2 atom stereocenters. The van der Waals surface area contributed by atoms with Gasteiger partial charge in [0.2, 0.25) is 11.8 Å². The Kier molecular flexibility index (Phi) is 16.6. The molecule has 352 valence electrons. The van der Waals surface area contributed by atoms with E-state index in [1.807, 2.05) is 0 Å². The molecule has 0 bridgehead atoms. The number of carbonyl (C=O) groups is 3. The Morgan fingerprint density at radius 1 is 0.656 bits per heavy atom. The van der Waals surface area contributed by atoms with E-state index in [9.17, 15) is 36.7 Å². The molecular weight excluding hydrogens is 901 g/mol. The van der Waals surface area contributed by atoms with E-state index >= 15 is 17.6 Å². The Hall–Kier alpha value is -4.52. The number of primary amides is 1. The van der Waals surface area contributed by atoms with E-state index in [1.165, 1.54) is 71.9 Å². The molecule has 0 aliphatic carbocycles. The van der Waals surface area contributed by atoms with E-state index in [-0.39, 0.29) is 67.1 Å². The summed E-state index contributed by atoms with van der Waals surface area (Å²) in [6, 6.07) is 6.85. The third kappa shape index (κ3) is 10.9. The summed E-state index contributed by atoms with van der Waals surface area (Å²) in [6.07, 6.45) is -5.61. The molecule has 23 heteroatoms. The summed E-state index contributed by atoms with van der Waals surface area (Å²) in [6.45, 7) is 8.24. The first-order valence-electron chi connectivity index (χ1n) is 20.1. The minimum absolute atomic E-state index is 0.0853. The predicted molar refractivity (Wildman–Crippen MR) is 220 cm³/mol. The average molecular weight is 952 g/mol. The first-order chi connectivity index (χ1) is 29.8. The lowest BCUT2D eigenvalue weighted by molar-refractivity contribution is -0.166. The van der Waals surface area contributed by atoms with Crippen LogP contribution < -0.4 is 16.4 Å². The fourth-order valence-electron chi connectivity index (χ4n) is 6.84. The Labute approximate surface area is 365 Å². The molecule has 64 heavy (non-hydrogen) atoms. The largest absolute Gasteiger partial charge is 0.442 e. The number of carbonyl (C=O) groups excluding carboxylic acids is 3. The first kappa shape index (κ1) is 52.1. The Morgan fingerprint density at radius 2 is 1.09 bits per heavy atom. The summed E-state index contributed by atoms with van der Waals surface area (Å²) in [5.41, 5.74) is -7.21. The second-order valence-corrected chi connectivity index (χ2v) is 18.7. The van der Waals surface area contributed by atoms with Gasteiger partial charge in [0.15, 0.2) is 0 Å². The monoisotopic (exact) mass is 951 g/mol. The van der Waals surface area contributed by atoms with Crippen LogP contribution in [0.2, 0.25) is 0 Å². The number of hydrogen-bond donors (Lipinski definition) is 3. The number of rotatable bonds is 23. The lowest BCUT2D eigenvalue weighted by atomic mass is 9.95. The van der Waals surface area contributed by atoms with Gasteiger partial charge in [0.05, 0.1) is 26.4 Å². The highest BCUT2D eigenvalue weighted by molar-refractivity contribution is 7.55. The quantitative estimate of drug-likeness (QED) is 0.0613. The second kappa shape index (κ2) is 20.3. The standard InChI is InChI=1S/C41H50F7N5O9P2/c1-8-26-19-29(23-30(20-26)38(52-53-38)41(46,47)48)36(55)51-34(22-28-14-16-32(25(7)18-28)40(44,45)64(58,61-11-4)62-12-5)37(56)50-33(35(49)54)21-27-13-15-31(24(6)17-27)39(42,43)63(57,59-9-2)60-10-3/h13-20,23,33-34H,8-12,21-22H2,1-7H3,(H2,49,54)(H,50,56)(H,51,55)/t33-,34-/m0/s1. The number of alkyl halides is 7. The van der Waals surface area contributed by atoms with E-state index < -0.39 is 91.3 Å². The van der Waals surface area contributed by atoms with E-state index in [0.29, 0.717) is 5.56 Å². The van der Waals surface area contributed by atoms with Crippen LogP contribution in [0.15, 0.2) is 64.8 Å². The zero-order valence-electron chi connectivity index (χ0n) is 36.0. The molecule has 0 unspecified atom stereocenters. The summed E-state index contributed by atoms with van der Waals surface area (Å²) in [5, 5.41) is 11.3. The van der Waals surface area contributed by atoms with E-state index in [1.54, 1.807) is 6.92 Å². The van der Waals surface area contributed by atoms with Crippen LogP contribution in [0, 0.1) is 13.8 Å². The van der Waals surface area contributed by atoms with Crippen molar-refractivity contribution < 1.29 is 72.3 Å². The van der Waals surface area contributed by atoms with Crippen LogP contribution in [0.5, 0.6) is 0 Å². The van der Waals surface area contributed by atoms with Gasteiger partial charge in [-0.25, -0.2) is 0 Å². The van der Waals surface area contributed by atoms with Gasteiger partial charge in [-0.15, -0.1) is 10.2 Å². The Morgan fingerprint density at radius 3 is 1.45 bits per heavy atom. The van der Waals surface area contributed by atoms with Crippen molar-refractivity contribution in [3.8, 4) is 0 Å². The highest BCUT2D eigenvalue weighted by atomic mass is 31.2. The van der Waals surface area contributed by atoms with Crippen molar-refractivity contribution in [1.29, 1.82) is 0 Å². The summed E-state index contributed by atoms with van der Waals surface area (Å²) < 4.78 is 151. The van der Waals surface area contributed by atoms with Crippen LogP contribution >= 0.6 is 15.2 Å². The fourth-order valence-corrected chi connectivity index (χ4v) is 10.1. The molecule has 14 nitrogen and oxygen atoms in total. The number of nitrogens with zero attached hydrogens (tertiary/aromatic N) is 2. The maximum absolute atomic E-state index is 15.8. The lowest BCUT2D eigenvalue weighted by Gasteiger charge is -2.28. The van der Waals surface area contributed by atoms with Gasteiger partial charge in [0.25, 0.3) is 5.91 Å². The van der Waals surface area contributed by atoms with Crippen molar-refractivity contribution in [1.82, 2.24) is 10.6 Å². The van der Waals surface area contributed by atoms with Crippen LogP contribution in [0.1, 0.15) is 89.5 Å². The van der Waals surface area contributed by atoms with Gasteiger partial charge >= 0.3 is 38.4 Å². The molecule has 3 aromatic rings. The molecule has 0 saturated carbocycles. The van der Waals surface area contributed by atoms with Crippen molar-refractivity contribution in [3.05, 3.63) is 105 Å². The highest BCUT2D eigenvalue weighted by Gasteiger charge is 2.65. The molecule has 1 aliphatic heterocycles. The predicted octanol–water partition coefficient (Wildman–Crippen LogP) is 9.23. The molecule has 3 amide bonds. The molecule has 0 fully saturated rings. The SMILES string of the molecule is CCOP(=O)(OCC)C(F)(F)c1ccc(C[C@H](NC(=O)[C@H](Cc2ccc(C(F)(F)P(=O)(OCC)OCC)c(C)c2)NC(=O)c2cc(CC)cc(C3(C(F)(F)F)N=N3)c2)C(N)=O)cc1C. The summed E-state index contributed by atoms with van der Waals surface area (Å²) in [5.74, 6) is -3.22. The molecule has 0 spiro atoms. The van der Waals surface area contributed by atoms with Crippen LogP contribution in [-0.4, -0.2) is 62.4 Å². The zero-order valence-corrected chi connectivity index (χ0v) is 37.8. The summed E-state index contributed by atoms with van der Waals surface area (Å²) in [7, 11) is -10.0. The first-order valence-corrected chi connectivity index (χ1v) is 23.2. The molecule has 1 heterocycles. The normalized spacial score (nSPS) is 15.1. The number of nitrogens with one attached hydrogen (secondary N) is 2. The average Bonchev–Trinajstić information content (AvgIpc) is 4.03. The van der Waals surface area contributed by atoms with Crippen LogP contribution in [-0.2, 0) is 73.1 Å². The Bertz CT molecular complexity index is 2320. The number of halogens is 7. The molecule has 4 rings (SSSR count). The van der Waals surface area contributed by atoms with Gasteiger partial charge in [-0.05, 0) is 87.9 Å². The van der Waals surface area contributed by atoms with Crippen LogP contribution in [0.3, 0.4) is 0 Å². The maximum Gasteiger partial charge on any atom is 0.442 e. The lowest BCUT2D eigenvalue weighted by Crippen LogP contribution is -2.54. The molecule has 0 saturated heterocycles. The van der Waals surface area contributed by atoms with Crippen molar-refractivity contribution in [3.63, 3.8) is 0 Å². The zero-order chi connectivity index (χ0) is 48.1. The smallest absolute Gasteiger partial charge is 0.368 e. The Balaban J connectivity index is 1.72. The van der Waals surface area contributed by atoms with Crippen molar-refractivity contribution >= 4 is 32.9 Å². The van der Waals surface area contributed by atoms with Gasteiger partial charge < -0.3 is 34.5 Å². The second-order valence-electron chi connectivity index (χ2n) is 14.6. The van der Waals surface area contributed by atoms with Gasteiger partial charge in [-0.2, -0.15) is 30.7 Å².